The van der Waals surface area contributed by atoms with Crippen molar-refractivity contribution < 1.29 is 23.5 Å². The van der Waals surface area contributed by atoms with Crippen LogP contribution in [0.5, 0.6) is 17.2 Å². The summed E-state index contributed by atoms with van der Waals surface area (Å²) < 4.78 is 24.3. The van der Waals surface area contributed by atoms with Crippen molar-refractivity contribution in [1.82, 2.24) is 4.90 Å². The highest BCUT2D eigenvalue weighted by atomic mass is 19.1. The van der Waals surface area contributed by atoms with Gasteiger partial charge < -0.3 is 20.1 Å². The molecule has 2 N–H and O–H groups in total. The van der Waals surface area contributed by atoms with Crippen LogP contribution in [0.3, 0.4) is 0 Å². The van der Waals surface area contributed by atoms with Crippen molar-refractivity contribution >= 4 is 11.8 Å². The molecule has 0 aliphatic rings. The van der Waals surface area contributed by atoms with E-state index in [0.29, 0.717) is 34.9 Å². The topological polar surface area (TPSA) is 81.9 Å². The molecule has 0 heterocycles. The number of carbonyl (C=O) groups is 2. The second-order valence-electron chi connectivity index (χ2n) is 6.55. The van der Waals surface area contributed by atoms with Gasteiger partial charge >= 0.3 is 0 Å². The molecular weight excluding hydrogens is 387 g/mol. The molecule has 0 aliphatic heterocycles. The third-order valence-corrected chi connectivity index (χ3v) is 4.31. The van der Waals surface area contributed by atoms with E-state index in [1.807, 2.05) is 0 Å². The molecule has 2 amide bonds. The van der Waals surface area contributed by atoms with E-state index in [4.69, 9.17) is 15.2 Å². The lowest BCUT2D eigenvalue weighted by Gasteiger charge is -2.18. The number of halogens is 1. The summed E-state index contributed by atoms with van der Waals surface area (Å²) >= 11 is 0. The lowest BCUT2D eigenvalue weighted by atomic mass is 10.2. The number of nitrogens with two attached hydrogens (primary N) is 1. The molecule has 0 radical (unpaired) electrons. The van der Waals surface area contributed by atoms with Crippen LogP contribution >= 0.6 is 0 Å². The molecule has 0 spiro atoms. The van der Waals surface area contributed by atoms with Gasteiger partial charge in [0, 0.05) is 24.2 Å². The van der Waals surface area contributed by atoms with E-state index in [-0.39, 0.29) is 18.3 Å². The molecule has 0 saturated heterocycles. The number of primary amides is 1. The lowest BCUT2D eigenvalue weighted by molar-refractivity contribution is 0.0773. The summed E-state index contributed by atoms with van der Waals surface area (Å²) in [7, 11) is 1.67. The van der Waals surface area contributed by atoms with Crippen molar-refractivity contribution in [3.63, 3.8) is 0 Å². The van der Waals surface area contributed by atoms with Gasteiger partial charge in [-0.25, -0.2) is 4.39 Å². The summed E-state index contributed by atoms with van der Waals surface area (Å²) in [4.78, 5) is 25.2. The Hall–Kier alpha value is -3.87. The fraction of sp³-hybridized carbons (Fsp3) is 0.130. The maximum Gasteiger partial charge on any atom is 0.253 e. The number of ether oxygens (including phenoxy) is 2. The molecule has 0 aromatic heterocycles. The van der Waals surface area contributed by atoms with Crippen molar-refractivity contribution in [3.05, 3.63) is 89.7 Å². The van der Waals surface area contributed by atoms with Crippen LogP contribution in [0.4, 0.5) is 4.39 Å². The van der Waals surface area contributed by atoms with E-state index in [1.54, 1.807) is 67.7 Å². The predicted octanol–water partition coefficient (Wildman–Crippen LogP) is 3.87. The summed E-state index contributed by atoms with van der Waals surface area (Å²) in [5.41, 5.74) is 6.11. The van der Waals surface area contributed by atoms with Crippen LogP contribution in [-0.4, -0.2) is 36.9 Å². The van der Waals surface area contributed by atoms with Crippen LogP contribution in [0.1, 0.15) is 20.7 Å². The van der Waals surface area contributed by atoms with Crippen LogP contribution in [-0.2, 0) is 0 Å². The Balaban J connectivity index is 1.52. The molecule has 0 bridgehead atoms. The molecule has 0 fully saturated rings. The van der Waals surface area contributed by atoms with Crippen molar-refractivity contribution in [2.45, 2.75) is 0 Å². The quantitative estimate of drug-likeness (QED) is 0.614. The highest BCUT2D eigenvalue weighted by Gasteiger charge is 2.12. The molecule has 0 unspecified atom stereocenters. The molecule has 7 heteroatoms. The Labute approximate surface area is 173 Å². The first-order valence-corrected chi connectivity index (χ1v) is 9.24. The number of hydrogen-bond acceptors (Lipinski definition) is 4. The molecule has 30 heavy (non-hydrogen) atoms. The Bertz CT molecular complexity index is 1020. The number of likely N-dealkylation sites (N-methyl/N-ethyl adjacent to an activating group) is 1. The standard InChI is InChI=1S/C23H21FN2O4/c1-26(13-14-29-21-4-2-3-18(24)15-21)23(28)17-7-11-20(12-8-17)30-19-9-5-16(6-10-19)22(25)27/h2-12,15H,13-14H2,1H3,(H2,25,27). The number of rotatable bonds is 8. The number of carbonyl (C=O) groups excluding carboxylic acids is 2. The Morgan fingerprint density at radius 1 is 0.900 bits per heavy atom. The molecule has 3 aromatic rings. The van der Waals surface area contributed by atoms with Crippen LogP contribution in [0.2, 0.25) is 0 Å². The fourth-order valence-electron chi connectivity index (χ4n) is 2.67. The summed E-state index contributed by atoms with van der Waals surface area (Å²) in [6.07, 6.45) is 0. The predicted molar refractivity (Wildman–Crippen MR) is 110 cm³/mol. The monoisotopic (exact) mass is 408 g/mol. The third-order valence-electron chi connectivity index (χ3n) is 4.31. The number of benzene rings is 3. The summed E-state index contributed by atoms with van der Waals surface area (Å²) in [6, 6.07) is 19.0. The minimum atomic E-state index is -0.505. The zero-order valence-corrected chi connectivity index (χ0v) is 16.4. The fourth-order valence-corrected chi connectivity index (χ4v) is 2.67. The van der Waals surface area contributed by atoms with Gasteiger partial charge in [0.15, 0.2) is 0 Å². The molecule has 0 aliphatic carbocycles. The lowest BCUT2D eigenvalue weighted by Crippen LogP contribution is -2.30. The van der Waals surface area contributed by atoms with Gasteiger partial charge in [0.2, 0.25) is 5.91 Å². The van der Waals surface area contributed by atoms with Gasteiger partial charge in [-0.3, -0.25) is 9.59 Å². The first-order chi connectivity index (χ1) is 14.4. The second kappa shape index (κ2) is 9.56. The average molecular weight is 408 g/mol. The zero-order valence-electron chi connectivity index (χ0n) is 16.4. The van der Waals surface area contributed by atoms with Gasteiger partial charge in [0.25, 0.3) is 5.91 Å². The van der Waals surface area contributed by atoms with Crippen LogP contribution in [0, 0.1) is 5.82 Å². The first-order valence-electron chi connectivity index (χ1n) is 9.24. The van der Waals surface area contributed by atoms with Gasteiger partial charge in [0.05, 0.1) is 6.54 Å². The van der Waals surface area contributed by atoms with E-state index in [2.05, 4.69) is 0 Å². The van der Waals surface area contributed by atoms with Gasteiger partial charge in [-0.05, 0) is 60.7 Å². The maximum absolute atomic E-state index is 13.1. The molecule has 0 saturated carbocycles. The van der Waals surface area contributed by atoms with E-state index < -0.39 is 5.91 Å². The summed E-state index contributed by atoms with van der Waals surface area (Å²) in [6.45, 7) is 0.591. The van der Waals surface area contributed by atoms with E-state index in [1.165, 1.54) is 17.0 Å². The average Bonchev–Trinajstić information content (AvgIpc) is 2.74. The molecule has 154 valence electrons. The first kappa shape index (κ1) is 20.9. The second-order valence-corrected chi connectivity index (χ2v) is 6.55. The Morgan fingerprint density at radius 3 is 2.07 bits per heavy atom. The van der Waals surface area contributed by atoms with Crippen molar-refractivity contribution in [2.75, 3.05) is 20.2 Å². The minimum absolute atomic E-state index is 0.171. The molecule has 0 atom stereocenters. The van der Waals surface area contributed by atoms with E-state index in [9.17, 15) is 14.0 Å². The molecule has 3 rings (SSSR count). The Morgan fingerprint density at radius 2 is 1.50 bits per heavy atom. The smallest absolute Gasteiger partial charge is 0.253 e. The minimum Gasteiger partial charge on any atom is -0.492 e. The third kappa shape index (κ3) is 5.57. The van der Waals surface area contributed by atoms with Crippen LogP contribution in [0.25, 0.3) is 0 Å². The SMILES string of the molecule is CN(CCOc1cccc(F)c1)C(=O)c1ccc(Oc2ccc(C(N)=O)cc2)cc1. The number of amides is 2. The largest absolute Gasteiger partial charge is 0.492 e. The van der Waals surface area contributed by atoms with Crippen molar-refractivity contribution in [2.24, 2.45) is 5.73 Å². The summed E-state index contributed by atoms with van der Waals surface area (Å²) in [5, 5.41) is 0. The molecule has 3 aromatic carbocycles. The number of nitrogens with zero attached hydrogens (tertiary/aromatic N) is 1. The zero-order chi connectivity index (χ0) is 21.5. The van der Waals surface area contributed by atoms with Gasteiger partial charge in [-0.1, -0.05) is 6.07 Å². The van der Waals surface area contributed by atoms with Crippen LogP contribution in [0.15, 0.2) is 72.8 Å². The maximum atomic E-state index is 13.1. The Kier molecular flexibility index (Phi) is 6.64. The highest BCUT2D eigenvalue weighted by molar-refractivity contribution is 5.94. The van der Waals surface area contributed by atoms with Crippen molar-refractivity contribution in [1.29, 1.82) is 0 Å². The van der Waals surface area contributed by atoms with Crippen molar-refractivity contribution in [3.8, 4) is 17.2 Å². The number of hydrogen-bond donors (Lipinski definition) is 1. The van der Waals surface area contributed by atoms with Gasteiger partial charge in [-0.15, -0.1) is 0 Å². The normalized spacial score (nSPS) is 10.3. The molecular formula is C23H21FN2O4. The summed E-state index contributed by atoms with van der Waals surface area (Å²) in [5.74, 6) is 0.468. The highest BCUT2D eigenvalue weighted by Crippen LogP contribution is 2.22. The van der Waals surface area contributed by atoms with E-state index >= 15 is 0 Å². The van der Waals surface area contributed by atoms with Gasteiger partial charge in [-0.2, -0.15) is 0 Å². The van der Waals surface area contributed by atoms with Gasteiger partial charge in [0.1, 0.15) is 29.7 Å². The van der Waals surface area contributed by atoms with Crippen LogP contribution < -0.4 is 15.2 Å². The van der Waals surface area contributed by atoms with E-state index in [0.717, 1.165) is 0 Å². The molecule has 6 nitrogen and oxygen atoms in total.